The second-order valence-electron chi connectivity index (χ2n) is 4.88. The number of rotatable bonds is 3. The smallest absolute Gasteiger partial charge is 0.125 e. The third-order valence-electron chi connectivity index (χ3n) is 3.64. The molecule has 0 unspecified atom stereocenters. The molecular formula is C14H16BrClN2O. The normalized spacial score (nSPS) is 26.7. The largest absolute Gasteiger partial charge is 0.381 e. The highest BCUT2D eigenvalue weighted by molar-refractivity contribution is 9.10. The Kier molecular flexibility index (Phi) is 4.72. The number of nitriles is 1. The van der Waals surface area contributed by atoms with E-state index in [4.69, 9.17) is 16.3 Å². The molecule has 1 aromatic rings. The highest BCUT2D eigenvalue weighted by atomic mass is 79.9. The zero-order chi connectivity index (χ0) is 13.9. The van der Waals surface area contributed by atoms with Crippen molar-refractivity contribution in [3.8, 4) is 6.07 Å². The number of benzene rings is 1. The van der Waals surface area contributed by atoms with Crippen LogP contribution in [-0.4, -0.2) is 18.8 Å². The highest BCUT2D eigenvalue weighted by Gasteiger charge is 2.35. The lowest BCUT2D eigenvalue weighted by Gasteiger charge is -2.35. The van der Waals surface area contributed by atoms with Crippen LogP contribution >= 0.6 is 27.5 Å². The molecular weight excluding hydrogens is 328 g/mol. The fourth-order valence-electron chi connectivity index (χ4n) is 2.43. The summed E-state index contributed by atoms with van der Waals surface area (Å²) in [4.78, 5) is 0. The summed E-state index contributed by atoms with van der Waals surface area (Å²) in [6.07, 6.45) is 3.68. The van der Waals surface area contributed by atoms with Gasteiger partial charge >= 0.3 is 0 Å². The van der Waals surface area contributed by atoms with Crippen LogP contribution in [0.5, 0.6) is 0 Å². The Morgan fingerprint density at radius 2 is 2.16 bits per heavy atom. The quantitative estimate of drug-likeness (QED) is 0.886. The lowest BCUT2D eigenvalue weighted by Crippen LogP contribution is -2.42. The average molecular weight is 344 g/mol. The topological polar surface area (TPSA) is 45.0 Å². The van der Waals surface area contributed by atoms with E-state index in [9.17, 15) is 5.26 Å². The molecule has 2 rings (SSSR count). The van der Waals surface area contributed by atoms with E-state index in [-0.39, 0.29) is 6.10 Å². The molecule has 1 N–H and O–H groups in total. The molecule has 5 heteroatoms. The van der Waals surface area contributed by atoms with Crippen molar-refractivity contribution in [3.63, 3.8) is 0 Å². The summed E-state index contributed by atoms with van der Waals surface area (Å²) in [5, 5.41) is 13.5. The standard InChI is InChI=1S/C14H16BrClN2O/c1-19-11-4-6-14(9-17,7-5-11)18-10-2-3-13(16)12(15)8-10/h2-3,8,11,18H,4-7H2,1H3. The van der Waals surface area contributed by atoms with E-state index < -0.39 is 5.54 Å². The first-order valence-electron chi connectivity index (χ1n) is 6.26. The third kappa shape index (κ3) is 3.42. The van der Waals surface area contributed by atoms with Gasteiger partial charge in [0.25, 0.3) is 0 Å². The summed E-state index contributed by atoms with van der Waals surface area (Å²) in [7, 11) is 1.73. The van der Waals surface area contributed by atoms with Gasteiger partial charge in [-0.15, -0.1) is 0 Å². The van der Waals surface area contributed by atoms with Crippen molar-refractivity contribution >= 4 is 33.2 Å². The first-order valence-corrected chi connectivity index (χ1v) is 7.43. The van der Waals surface area contributed by atoms with Crippen LogP contribution in [-0.2, 0) is 4.74 Å². The molecule has 0 heterocycles. The van der Waals surface area contributed by atoms with E-state index >= 15 is 0 Å². The predicted octanol–water partition coefficient (Wildman–Crippen LogP) is 4.37. The molecule has 0 aromatic heterocycles. The van der Waals surface area contributed by atoms with Crippen LogP contribution < -0.4 is 5.32 Å². The summed E-state index contributed by atoms with van der Waals surface area (Å²) in [6.45, 7) is 0. The zero-order valence-electron chi connectivity index (χ0n) is 10.7. The van der Waals surface area contributed by atoms with Gasteiger partial charge < -0.3 is 10.1 Å². The third-order valence-corrected chi connectivity index (χ3v) is 4.85. The van der Waals surface area contributed by atoms with Crippen molar-refractivity contribution in [2.75, 3.05) is 12.4 Å². The number of ether oxygens (including phenoxy) is 1. The lowest BCUT2D eigenvalue weighted by molar-refractivity contribution is 0.0612. The fourth-order valence-corrected chi connectivity index (χ4v) is 2.93. The van der Waals surface area contributed by atoms with Gasteiger partial charge in [-0.2, -0.15) is 5.26 Å². The first-order chi connectivity index (χ1) is 9.08. The molecule has 1 saturated carbocycles. The maximum absolute atomic E-state index is 9.49. The predicted molar refractivity (Wildman–Crippen MR) is 80.4 cm³/mol. The minimum atomic E-state index is -0.498. The zero-order valence-corrected chi connectivity index (χ0v) is 13.1. The summed E-state index contributed by atoms with van der Waals surface area (Å²) >= 11 is 9.37. The molecule has 0 atom stereocenters. The Bertz CT molecular complexity index is 493. The minimum Gasteiger partial charge on any atom is -0.381 e. The molecule has 0 radical (unpaired) electrons. The van der Waals surface area contributed by atoms with Crippen LogP contribution in [0.2, 0.25) is 5.02 Å². The number of hydrogen-bond acceptors (Lipinski definition) is 3. The molecule has 1 aromatic carbocycles. The number of methoxy groups -OCH3 is 1. The number of halogens is 2. The second-order valence-corrected chi connectivity index (χ2v) is 6.14. The molecule has 1 fully saturated rings. The number of anilines is 1. The van der Waals surface area contributed by atoms with E-state index in [1.54, 1.807) is 7.11 Å². The molecule has 0 saturated heterocycles. The van der Waals surface area contributed by atoms with Crippen LogP contribution in [0.4, 0.5) is 5.69 Å². The summed E-state index contributed by atoms with van der Waals surface area (Å²) in [6, 6.07) is 8.05. The Morgan fingerprint density at radius 1 is 1.47 bits per heavy atom. The van der Waals surface area contributed by atoms with Crippen molar-refractivity contribution in [2.24, 2.45) is 0 Å². The van der Waals surface area contributed by atoms with E-state index in [2.05, 4.69) is 27.3 Å². The van der Waals surface area contributed by atoms with Gasteiger partial charge in [0.05, 0.1) is 17.2 Å². The first kappa shape index (κ1) is 14.6. The maximum atomic E-state index is 9.49. The molecule has 1 aliphatic rings. The van der Waals surface area contributed by atoms with E-state index in [1.807, 2.05) is 18.2 Å². The lowest BCUT2D eigenvalue weighted by atomic mass is 9.81. The monoisotopic (exact) mass is 342 g/mol. The Labute approximate surface area is 127 Å². The summed E-state index contributed by atoms with van der Waals surface area (Å²) < 4.78 is 6.18. The van der Waals surface area contributed by atoms with Gasteiger partial charge in [-0.25, -0.2) is 0 Å². The Morgan fingerprint density at radius 3 is 2.68 bits per heavy atom. The number of nitrogens with zero attached hydrogens (tertiary/aromatic N) is 1. The van der Waals surface area contributed by atoms with Gasteiger partial charge in [0.1, 0.15) is 5.54 Å². The van der Waals surface area contributed by atoms with Gasteiger partial charge in [0.15, 0.2) is 0 Å². The van der Waals surface area contributed by atoms with Crippen molar-refractivity contribution in [1.82, 2.24) is 0 Å². The molecule has 19 heavy (non-hydrogen) atoms. The van der Waals surface area contributed by atoms with Crippen molar-refractivity contribution in [1.29, 1.82) is 5.26 Å². The van der Waals surface area contributed by atoms with Crippen LogP contribution in [0.15, 0.2) is 22.7 Å². The Balaban J connectivity index is 2.11. The van der Waals surface area contributed by atoms with Crippen LogP contribution in [0.3, 0.4) is 0 Å². The molecule has 0 amide bonds. The van der Waals surface area contributed by atoms with E-state index in [0.29, 0.717) is 5.02 Å². The second kappa shape index (κ2) is 6.13. The van der Waals surface area contributed by atoms with Crippen LogP contribution in [0.25, 0.3) is 0 Å². The number of nitrogens with one attached hydrogen (secondary N) is 1. The molecule has 0 bridgehead atoms. The van der Waals surface area contributed by atoms with Gasteiger partial charge in [-0.05, 0) is 59.8 Å². The van der Waals surface area contributed by atoms with Gasteiger partial charge in [-0.3, -0.25) is 0 Å². The highest BCUT2D eigenvalue weighted by Crippen LogP contribution is 2.34. The van der Waals surface area contributed by atoms with E-state index in [0.717, 1.165) is 35.8 Å². The average Bonchev–Trinajstić information content (AvgIpc) is 2.44. The van der Waals surface area contributed by atoms with Crippen molar-refractivity contribution in [2.45, 2.75) is 37.3 Å². The summed E-state index contributed by atoms with van der Waals surface area (Å²) in [5.74, 6) is 0. The summed E-state index contributed by atoms with van der Waals surface area (Å²) in [5.41, 5.74) is 0.413. The van der Waals surface area contributed by atoms with Crippen LogP contribution in [0.1, 0.15) is 25.7 Å². The van der Waals surface area contributed by atoms with Gasteiger partial charge in [-0.1, -0.05) is 11.6 Å². The van der Waals surface area contributed by atoms with Crippen LogP contribution in [0, 0.1) is 11.3 Å². The Hall–Kier alpha value is -0.760. The van der Waals surface area contributed by atoms with E-state index in [1.165, 1.54) is 0 Å². The molecule has 1 aliphatic carbocycles. The van der Waals surface area contributed by atoms with Crippen molar-refractivity contribution in [3.05, 3.63) is 27.7 Å². The van der Waals surface area contributed by atoms with Crippen molar-refractivity contribution < 1.29 is 4.74 Å². The molecule has 0 aliphatic heterocycles. The SMILES string of the molecule is COC1CCC(C#N)(Nc2ccc(Cl)c(Br)c2)CC1. The van der Waals surface area contributed by atoms with Gasteiger partial charge in [0, 0.05) is 17.3 Å². The fraction of sp³-hybridized carbons (Fsp3) is 0.500. The molecule has 102 valence electrons. The molecule has 0 spiro atoms. The van der Waals surface area contributed by atoms with Gasteiger partial charge in [0.2, 0.25) is 0 Å². The molecule has 3 nitrogen and oxygen atoms in total. The minimum absolute atomic E-state index is 0.278. The maximum Gasteiger partial charge on any atom is 0.125 e. The number of hydrogen-bond donors (Lipinski definition) is 1.